The van der Waals surface area contributed by atoms with Crippen LogP contribution < -0.4 is 0 Å². The number of phosphoric ester groups is 1. The molecule has 0 spiro atoms. The first-order chi connectivity index (χ1) is 36.2. The fourth-order valence-electron chi connectivity index (χ4n) is 6.63. The van der Waals surface area contributed by atoms with Gasteiger partial charge in [-0.05, 0) is 128 Å². The Hall–Kier alpha value is -4.64. The molecule has 0 bridgehead atoms. The smallest absolute Gasteiger partial charge is 0.462 e. The van der Waals surface area contributed by atoms with Crippen LogP contribution in [0.2, 0.25) is 0 Å². The summed E-state index contributed by atoms with van der Waals surface area (Å²) in [5, 5.41) is 9.79. The Bertz CT molecular complexity index is 1800. The summed E-state index contributed by atoms with van der Waals surface area (Å²) in [4.78, 5) is 48.5. The van der Waals surface area contributed by atoms with Crippen LogP contribution in [0.1, 0.15) is 188 Å². The number of carbonyl (C=O) groups excluding carboxylic acids is 3. The maximum Gasteiger partial charge on any atom is 0.472 e. The van der Waals surface area contributed by atoms with E-state index in [2.05, 4.69) is 154 Å². The van der Waals surface area contributed by atoms with Gasteiger partial charge in [-0.2, -0.15) is 0 Å². The summed E-state index contributed by atoms with van der Waals surface area (Å²) < 4.78 is 39.3. The predicted octanol–water partition coefficient (Wildman–Crippen LogP) is 16.4. The fourth-order valence-corrected chi connectivity index (χ4v) is 7.41. The summed E-state index contributed by atoms with van der Waals surface area (Å²) in [7, 11) is -4.79. The Balaban J connectivity index is 4.92. The normalized spacial score (nSPS) is 14.5. The Kier molecular flexibility index (Phi) is 51.2. The van der Waals surface area contributed by atoms with E-state index in [9.17, 15) is 28.9 Å². The Labute approximate surface area is 448 Å². The average molecular weight is 1050 g/mol. The van der Waals surface area contributed by atoms with E-state index in [1.165, 1.54) is 0 Å². The molecule has 0 amide bonds. The number of aliphatic hydroxyl groups excluding tert-OH is 1. The number of unbranched alkanes of at least 4 members (excludes halogenated alkanes) is 8. The molecule has 2 N–H and O–H groups in total. The van der Waals surface area contributed by atoms with Crippen LogP contribution in [-0.2, 0) is 42.2 Å². The van der Waals surface area contributed by atoms with Gasteiger partial charge in [-0.1, -0.05) is 186 Å². The molecule has 0 fully saturated rings. The van der Waals surface area contributed by atoms with Gasteiger partial charge in [-0.15, -0.1) is 0 Å². The molecule has 3 unspecified atom stereocenters. The lowest BCUT2D eigenvalue weighted by Gasteiger charge is -2.21. The van der Waals surface area contributed by atoms with E-state index in [1.807, 2.05) is 12.2 Å². The number of phosphoric acid groups is 1. The van der Waals surface area contributed by atoms with Crippen LogP contribution in [0, 0.1) is 0 Å². The topological polar surface area (TPSA) is 155 Å². The van der Waals surface area contributed by atoms with Crippen molar-refractivity contribution in [2.75, 3.05) is 26.4 Å². The van der Waals surface area contributed by atoms with Crippen molar-refractivity contribution in [2.45, 2.75) is 200 Å². The lowest BCUT2D eigenvalue weighted by atomic mass is 10.1. The highest BCUT2D eigenvalue weighted by atomic mass is 31.2. The number of rotatable bonds is 49. The van der Waals surface area contributed by atoms with Gasteiger partial charge in [0.1, 0.15) is 12.7 Å². The molecule has 74 heavy (non-hydrogen) atoms. The van der Waals surface area contributed by atoms with Gasteiger partial charge in [0.2, 0.25) is 0 Å². The number of ether oxygens (including phenoxy) is 3. The van der Waals surface area contributed by atoms with Crippen LogP contribution in [0.5, 0.6) is 0 Å². The molecule has 3 atom stereocenters. The quantitative estimate of drug-likeness (QED) is 0.0197. The third-order valence-corrected chi connectivity index (χ3v) is 11.7. The van der Waals surface area contributed by atoms with E-state index in [1.54, 1.807) is 0 Å². The van der Waals surface area contributed by atoms with Gasteiger partial charge in [0.25, 0.3) is 0 Å². The van der Waals surface area contributed by atoms with Crippen molar-refractivity contribution in [1.82, 2.24) is 0 Å². The van der Waals surface area contributed by atoms with Gasteiger partial charge in [-0.3, -0.25) is 23.4 Å². The predicted molar refractivity (Wildman–Crippen MR) is 306 cm³/mol. The summed E-state index contributed by atoms with van der Waals surface area (Å²) in [6.07, 6.45) is 69.6. The van der Waals surface area contributed by atoms with Crippen molar-refractivity contribution < 1.29 is 52.2 Å². The molecular formula is C62H97O11P. The molecule has 0 aliphatic carbocycles. The van der Waals surface area contributed by atoms with E-state index >= 15 is 0 Å². The second-order valence-electron chi connectivity index (χ2n) is 17.6. The largest absolute Gasteiger partial charge is 0.472 e. The van der Waals surface area contributed by atoms with Gasteiger partial charge in [0.15, 0.2) is 6.10 Å². The van der Waals surface area contributed by atoms with Gasteiger partial charge in [-0.25, -0.2) is 4.57 Å². The zero-order valence-corrected chi connectivity index (χ0v) is 46.6. The van der Waals surface area contributed by atoms with Crippen LogP contribution in [-0.4, -0.2) is 66.5 Å². The zero-order valence-electron chi connectivity index (χ0n) is 45.7. The van der Waals surface area contributed by atoms with Crippen LogP contribution in [0.3, 0.4) is 0 Å². The molecule has 12 heteroatoms. The molecule has 416 valence electrons. The lowest BCUT2D eigenvalue weighted by Crippen LogP contribution is -2.30. The number of esters is 3. The van der Waals surface area contributed by atoms with Gasteiger partial charge in [0.05, 0.1) is 19.8 Å². The first-order valence-corrected chi connectivity index (χ1v) is 29.2. The van der Waals surface area contributed by atoms with Gasteiger partial charge in [0, 0.05) is 19.3 Å². The number of carbonyl (C=O) groups is 3. The SMILES string of the molecule is CC/C=C\C/C=C\C/C=C\C/C=C\C/C=C\CCCC(=O)OC(COC(=O)CCCCCC/C=C\C/C=C\C/C=C\C/C=C\CC)COP(=O)(O)OCC(CO)OC(=O)CCCCC/C=C\C/C=C\C/C=C\CC. The molecule has 0 saturated heterocycles. The molecule has 11 nitrogen and oxygen atoms in total. The van der Waals surface area contributed by atoms with Crippen LogP contribution in [0.25, 0.3) is 0 Å². The Morgan fingerprint density at radius 1 is 0.378 bits per heavy atom. The molecule has 0 radical (unpaired) electrons. The van der Waals surface area contributed by atoms with Crippen LogP contribution in [0.15, 0.2) is 146 Å². The summed E-state index contributed by atoms with van der Waals surface area (Å²) in [6.45, 7) is 4.14. The minimum Gasteiger partial charge on any atom is -0.462 e. The number of hydrogen-bond donors (Lipinski definition) is 2. The third kappa shape index (κ3) is 52.2. The highest BCUT2D eigenvalue weighted by Gasteiger charge is 2.28. The van der Waals surface area contributed by atoms with Crippen molar-refractivity contribution in [3.05, 3.63) is 146 Å². The molecule has 0 aliphatic rings. The van der Waals surface area contributed by atoms with Gasteiger partial charge < -0.3 is 24.2 Å². The molecule has 0 rings (SSSR count). The van der Waals surface area contributed by atoms with Crippen LogP contribution in [0.4, 0.5) is 0 Å². The first kappa shape index (κ1) is 69.4. The summed E-state index contributed by atoms with van der Waals surface area (Å²) in [5.41, 5.74) is 0. The monoisotopic (exact) mass is 1050 g/mol. The average Bonchev–Trinajstić information content (AvgIpc) is 3.39. The van der Waals surface area contributed by atoms with E-state index in [0.717, 1.165) is 122 Å². The van der Waals surface area contributed by atoms with E-state index in [-0.39, 0.29) is 25.9 Å². The summed E-state index contributed by atoms with van der Waals surface area (Å²) >= 11 is 0. The molecule has 0 saturated carbocycles. The summed E-state index contributed by atoms with van der Waals surface area (Å²) in [6, 6.07) is 0. The van der Waals surface area contributed by atoms with Crippen molar-refractivity contribution in [2.24, 2.45) is 0 Å². The van der Waals surface area contributed by atoms with Gasteiger partial charge >= 0.3 is 25.7 Å². The fraction of sp³-hybridized carbons (Fsp3) is 0.565. The van der Waals surface area contributed by atoms with Crippen molar-refractivity contribution in [3.8, 4) is 0 Å². The third-order valence-electron chi connectivity index (χ3n) is 10.7. The molecule has 0 aromatic heterocycles. The molecule has 0 aromatic rings. The zero-order chi connectivity index (χ0) is 54.1. The van der Waals surface area contributed by atoms with Crippen molar-refractivity contribution in [3.63, 3.8) is 0 Å². The standard InChI is InChI=1S/C62H97O11P/c1-4-7-10-13-16-19-22-25-27-29-31-34-36-39-42-45-48-51-60(64)69-55-59(73-62(66)53-50-47-44-41-38-35-32-30-28-26-23-20-17-14-11-8-5-2)57-71-74(67,68)70-56-58(54-63)72-61(65)52-49-46-43-40-37-33-24-21-18-15-12-9-6-3/h7-12,16-21,25-28,31-35,37,41,44,58-59,63H,4-6,13-15,22-24,29-30,36,38-40,42-43,45-57H2,1-3H3,(H,67,68)/b10-7-,11-8-,12-9-,19-16-,20-17-,21-18-,27-25-,28-26-,34-31-,35-32-,37-33-,44-41-. The number of aliphatic hydroxyl groups is 1. The maximum absolute atomic E-state index is 12.9. The van der Waals surface area contributed by atoms with Crippen molar-refractivity contribution >= 4 is 25.7 Å². The Morgan fingerprint density at radius 3 is 1.07 bits per heavy atom. The number of allylic oxidation sites excluding steroid dienone is 24. The first-order valence-electron chi connectivity index (χ1n) is 27.7. The molecule has 0 aliphatic heterocycles. The van der Waals surface area contributed by atoms with Crippen molar-refractivity contribution in [1.29, 1.82) is 0 Å². The molecule has 0 heterocycles. The minimum absolute atomic E-state index is 0.0724. The summed E-state index contributed by atoms with van der Waals surface area (Å²) in [5.74, 6) is -1.62. The van der Waals surface area contributed by atoms with E-state index in [4.69, 9.17) is 23.3 Å². The van der Waals surface area contributed by atoms with E-state index in [0.29, 0.717) is 25.7 Å². The minimum atomic E-state index is -4.79. The second-order valence-corrected chi connectivity index (χ2v) is 19.1. The van der Waals surface area contributed by atoms with E-state index < -0.39 is 57.8 Å². The highest BCUT2D eigenvalue weighted by Crippen LogP contribution is 2.43. The Morgan fingerprint density at radius 2 is 0.676 bits per heavy atom. The maximum atomic E-state index is 12.9. The molecule has 0 aromatic carbocycles. The lowest BCUT2D eigenvalue weighted by molar-refractivity contribution is -0.161. The second kappa shape index (κ2) is 54.6. The highest BCUT2D eigenvalue weighted by molar-refractivity contribution is 7.47. The molecular weight excluding hydrogens is 952 g/mol. The van der Waals surface area contributed by atoms with Crippen LogP contribution >= 0.6 is 7.82 Å². The number of hydrogen-bond acceptors (Lipinski definition) is 10.